The molecule has 1 rings (SSSR count). The van der Waals surface area contributed by atoms with Crippen molar-refractivity contribution in [2.24, 2.45) is 17.6 Å². The van der Waals surface area contributed by atoms with Crippen molar-refractivity contribution in [1.29, 1.82) is 0 Å². The summed E-state index contributed by atoms with van der Waals surface area (Å²) < 4.78 is 37.7. The van der Waals surface area contributed by atoms with E-state index in [-0.39, 0.29) is 11.8 Å². The quantitative estimate of drug-likeness (QED) is 0.885. The highest BCUT2D eigenvalue weighted by atomic mass is 19.4. The normalized spacial score (nSPS) is 15.6. The fourth-order valence-electron chi connectivity index (χ4n) is 2.18. The number of aryl methyl sites for hydroxylation is 1. The van der Waals surface area contributed by atoms with E-state index in [2.05, 4.69) is 0 Å². The summed E-state index contributed by atoms with van der Waals surface area (Å²) >= 11 is 0. The third kappa shape index (κ3) is 3.70. The molecule has 108 valence electrons. The van der Waals surface area contributed by atoms with E-state index in [1.807, 2.05) is 13.8 Å². The minimum atomic E-state index is -4.36. The van der Waals surface area contributed by atoms with Crippen molar-refractivity contribution in [2.45, 2.75) is 33.1 Å². The summed E-state index contributed by atoms with van der Waals surface area (Å²) in [5.41, 5.74) is 5.87. The van der Waals surface area contributed by atoms with Gasteiger partial charge < -0.3 is 10.8 Å². The minimum Gasteiger partial charge on any atom is -0.388 e. The van der Waals surface area contributed by atoms with Gasteiger partial charge in [-0.15, -0.1) is 0 Å². The van der Waals surface area contributed by atoms with E-state index in [9.17, 15) is 18.3 Å². The average molecular weight is 275 g/mol. The summed E-state index contributed by atoms with van der Waals surface area (Å²) in [6, 6.07) is 3.40. The fraction of sp³-hybridized carbons (Fsp3) is 0.571. The Labute approximate surface area is 111 Å². The van der Waals surface area contributed by atoms with Crippen LogP contribution < -0.4 is 5.73 Å². The first-order chi connectivity index (χ1) is 8.68. The summed E-state index contributed by atoms with van der Waals surface area (Å²) in [5, 5.41) is 10.3. The van der Waals surface area contributed by atoms with E-state index in [4.69, 9.17) is 5.73 Å². The SMILES string of the molecule is Cc1cc(C(F)(F)F)ccc1C(O)C(CN)C(C)C. The summed E-state index contributed by atoms with van der Waals surface area (Å²) in [6.07, 6.45) is -5.20. The zero-order chi connectivity index (χ0) is 14.8. The molecule has 2 atom stereocenters. The molecule has 0 aromatic heterocycles. The topological polar surface area (TPSA) is 46.2 Å². The van der Waals surface area contributed by atoms with Crippen LogP contribution in [0, 0.1) is 18.8 Å². The molecule has 0 saturated carbocycles. The molecular weight excluding hydrogens is 255 g/mol. The van der Waals surface area contributed by atoms with Crippen LogP contribution in [0.15, 0.2) is 18.2 Å². The molecule has 0 aliphatic rings. The average Bonchev–Trinajstić information content (AvgIpc) is 2.27. The van der Waals surface area contributed by atoms with Gasteiger partial charge in [0.25, 0.3) is 0 Å². The third-order valence-electron chi connectivity index (χ3n) is 3.45. The van der Waals surface area contributed by atoms with Gasteiger partial charge in [-0.1, -0.05) is 19.9 Å². The van der Waals surface area contributed by atoms with Crippen molar-refractivity contribution in [3.63, 3.8) is 0 Å². The van der Waals surface area contributed by atoms with Crippen molar-refractivity contribution in [1.82, 2.24) is 0 Å². The number of aliphatic hydroxyl groups is 1. The second-order valence-corrected chi connectivity index (χ2v) is 5.16. The molecule has 0 heterocycles. The van der Waals surface area contributed by atoms with Gasteiger partial charge in [0, 0.05) is 5.92 Å². The second kappa shape index (κ2) is 5.92. The van der Waals surface area contributed by atoms with E-state index in [0.29, 0.717) is 17.7 Å². The first-order valence-electron chi connectivity index (χ1n) is 6.24. The lowest BCUT2D eigenvalue weighted by atomic mass is 9.85. The predicted octanol–water partition coefficient (Wildman–Crippen LogP) is 3.28. The molecule has 0 bridgehead atoms. The van der Waals surface area contributed by atoms with Gasteiger partial charge >= 0.3 is 6.18 Å². The Bertz CT molecular complexity index is 429. The van der Waals surface area contributed by atoms with Crippen LogP contribution in [0.4, 0.5) is 13.2 Å². The number of hydrogen-bond donors (Lipinski definition) is 2. The van der Waals surface area contributed by atoms with Crippen molar-refractivity contribution < 1.29 is 18.3 Å². The minimum absolute atomic E-state index is 0.154. The maximum absolute atomic E-state index is 12.6. The molecule has 1 aromatic rings. The largest absolute Gasteiger partial charge is 0.416 e. The van der Waals surface area contributed by atoms with Crippen molar-refractivity contribution in [3.05, 3.63) is 34.9 Å². The Morgan fingerprint density at radius 3 is 2.21 bits per heavy atom. The van der Waals surface area contributed by atoms with Gasteiger partial charge in [-0.3, -0.25) is 0 Å². The maximum Gasteiger partial charge on any atom is 0.416 e. The van der Waals surface area contributed by atoms with Gasteiger partial charge in [0.2, 0.25) is 0 Å². The van der Waals surface area contributed by atoms with Crippen molar-refractivity contribution in [3.8, 4) is 0 Å². The molecule has 0 spiro atoms. The standard InChI is InChI=1S/C14H20F3NO/c1-8(2)12(7-18)13(19)11-5-4-10(6-9(11)3)14(15,16)17/h4-6,8,12-13,19H,7,18H2,1-3H3. The lowest BCUT2D eigenvalue weighted by molar-refractivity contribution is -0.137. The van der Waals surface area contributed by atoms with E-state index < -0.39 is 17.8 Å². The first-order valence-corrected chi connectivity index (χ1v) is 6.24. The maximum atomic E-state index is 12.6. The zero-order valence-corrected chi connectivity index (χ0v) is 11.3. The van der Waals surface area contributed by atoms with Gasteiger partial charge in [-0.25, -0.2) is 0 Å². The molecule has 0 radical (unpaired) electrons. The summed E-state index contributed by atoms with van der Waals surface area (Å²) in [6.45, 7) is 5.72. The van der Waals surface area contributed by atoms with Crippen molar-refractivity contribution in [2.75, 3.05) is 6.54 Å². The van der Waals surface area contributed by atoms with Crippen LogP contribution in [0.3, 0.4) is 0 Å². The summed E-state index contributed by atoms with van der Waals surface area (Å²) in [4.78, 5) is 0. The molecule has 19 heavy (non-hydrogen) atoms. The van der Waals surface area contributed by atoms with Crippen molar-refractivity contribution >= 4 is 0 Å². The molecule has 5 heteroatoms. The Hall–Kier alpha value is -1.07. The number of aliphatic hydroxyl groups excluding tert-OH is 1. The summed E-state index contributed by atoms with van der Waals surface area (Å²) in [7, 11) is 0. The van der Waals surface area contributed by atoms with E-state index in [0.717, 1.165) is 12.1 Å². The monoisotopic (exact) mass is 275 g/mol. The molecule has 0 amide bonds. The van der Waals surface area contributed by atoms with Gasteiger partial charge in [0.15, 0.2) is 0 Å². The fourth-order valence-corrected chi connectivity index (χ4v) is 2.18. The Morgan fingerprint density at radius 2 is 1.84 bits per heavy atom. The smallest absolute Gasteiger partial charge is 0.388 e. The van der Waals surface area contributed by atoms with Gasteiger partial charge in [-0.2, -0.15) is 13.2 Å². The molecule has 2 unspecified atom stereocenters. The zero-order valence-electron chi connectivity index (χ0n) is 11.3. The number of halogens is 3. The molecule has 3 N–H and O–H groups in total. The highest BCUT2D eigenvalue weighted by molar-refractivity contribution is 5.34. The number of nitrogens with two attached hydrogens (primary N) is 1. The van der Waals surface area contributed by atoms with E-state index in [1.54, 1.807) is 6.92 Å². The number of rotatable bonds is 4. The molecule has 0 fully saturated rings. The van der Waals surface area contributed by atoms with Crippen LogP contribution in [0.25, 0.3) is 0 Å². The van der Waals surface area contributed by atoms with Gasteiger partial charge in [0.05, 0.1) is 11.7 Å². The van der Waals surface area contributed by atoms with Crippen LogP contribution in [0.2, 0.25) is 0 Å². The van der Waals surface area contributed by atoms with Crippen LogP contribution in [-0.4, -0.2) is 11.7 Å². The third-order valence-corrected chi connectivity index (χ3v) is 3.45. The molecule has 1 aromatic carbocycles. The Kier molecular flexibility index (Phi) is 4.98. The second-order valence-electron chi connectivity index (χ2n) is 5.16. The van der Waals surface area contributed by atoms with E-state index in [1.165, 1.54) is 6.07 Å². The highest BCUT2D eigenvalue weighted by Crippen LogP contribution is 2.34. The predicted molar refractivity (Wildman–Crippen MR) is 68.5 cm³/mol. The molecule has 2 nitrogen and oxygen atoms in total. The molecule has 0 aliphatic carbocycles. The lowest BCUT2D eigenvalue weighted by Crippen LogP contribution is -2.27. The highest BCUT2D eigenvalue weighted by Gasteiger charge is 2.31. The molecule has 0 saturated heterocycles. The Morgan fingerprint density at radius 1 is 1.26 bits per heavy atom. The summed E-state index contributed by atoms with van der Waals surface area (Å²) in [5.74, 6) is -0.0165. The van der Waals surface area contributed by atoms with Crippen LogP contribution >= 0.6 is 0 Å². The Balaban J connectivity index is 3.09. The van der Waals surface area contributed by atoms with Crippen LogP contribution in [-0.2, 0) is 6.18 Å². The van der Waals surface area contributed by atoms with Gasteiger partial charge in [-0.05, 0) is 42.6 Å². The van der Waals surface area contributed by atoms with Gasteiger partial charge in [0.1, 0.15) is 0 Å². The molecule has 0 aliphatic heterocycles. The number of hydrogen-bond acceptors (Lipinski definition) is 2. The van der Waals surface area contributed by atoms with Crippen LogP contribution in [0.5, 0.6) is 0 Å². The number of benzene rings is 1. The molecular formula is C14H20F3NO. The first kappa shape index (κ1) is 16.0. The van der Waals surface area contributed by atoms with E-state index >= 15 is 0 Å². The lowest BCUT2D eigenvalue weighted by Gasteiger charge is -2.26. The van der Waals surface area contributed by atoms with Crippen LogP contribution in [0.1, 0.15) is 36.6 Å². The number of alkyl halides is 3.